The molecule has 2 aromatic heterocycles. The lowest BCUT2D eigenvalue weighted by Crippen LogP contribution is -2.32. The van der Waals surface area contributed by atoms with E-state index in [1.165, 1.54) is 13.3 Å². The van der Waals surface area contributed by atoms with Gasteiger partial charge in [0.1, 0.15) is 24.4 Å². The largest absolute Gasteiger partial charge is 0.459 e. The number of ether oxygens (including phenoxy) is 1. The van der Waals surface area contributed by atoms with Crippen molar-refractivity contribution in [3.8, 4) is 5.75 Å². The summed E-state index contributed by atoms with van der Waals surface area (Å²) in [5, 5.41) is 16.4. The lowest BCUT2D eigenvalue weighted by atomic mass is 10.0. The van der Waals surface area contributed by atoms with Crippen LogP contribution in [-0.4, -0.2) is 62.8 Å². The van der Waals surface area contributed by atoms with Gasteiger partial charge in [-0.3, -0.25) is 9.09 Å². The summed E-state index contributed by atoms with van der Waals surface area (Å²) in [5.74, 6) is 0.422. The summed E-state index contributed by atoms with van der Waals surface area (Å²) in [6, 6.07) is 7.63. The molecule has 0 aliphatic carbocycles. The van der Waals surface area contributed by atoms with E-state index in [-0.39, 0.29) is 12.6 Å². The molecule has 14 heteroatoms. The molecule has 6 atom stereocenters. The van der Waals surface area contributed by atoms with Crippen LogP contribution >= 0.6 is 7.75 Å². The average molecular weight is 505 g/mol. The molecule has 5 N–H and O–H groups in total. The van der Waals surface area contributed by atoms with E-state index in [9.17, 15) is 14.5 Å². The summed E-state index contributed by atoms with van der Waals surface area (Å²) in [6.45, 7) is 3.06. The van der Waals surface area contributed by atoms with Crippen LogP contribution in [0.15, 0.2) is 36.7 Å². The second-order valence-electron chi connectivity index (χ2n) is 8.17. The Labute approximate surface area is 201 Å². The molecule has 1 saturated heterocycles. The van der Waals surface area contributed by atoms with Crippen molar-refractivity contribution in [1.82, 2.24) is 24.6 Å². The Kier molecular flexibility index (Phi) is 7.33. The molecule has 0 spiro atoms. The number of fused-ring (bicyclic) bond motifs is 1. The predicted molar refractivity (Wildman–Crippen MR) is 128 cm³/mol. The predicted octanol–water partition coefficient (Wildman–Crippen LogP) is 1.73. The Hall–Kier alpha value is -3.09. The first-order chi connectivity index (χ1) is 16.7. The normalized spacial score (nSPS) is 24.7. The standard InChI is InChI=1S/C21H28N7O6P/c1-12(9-29)27-35(31,34-14-7-5-4-6-8-14)32-10-15-17(30)13(2)20(33-15)28-11-24-16-18(23-3)25-21(22)26-19(16)28/h4-9,11-13,15,17,20,30H,10H2,1-3H3,(H,27,31)(H3,22,23,25,26)/t12-,13-,15+,17-,20+,35?/m0/s1. The molecule has 1 aliphatic heterocycles. The zero-order chi connectivity index (χ0) is 25.2. The number of carbonyl (C=O) groups is 1. The summed E-state index contributed by atoms with van der Waals surface area (Å²) in [4.78, 5) is 23.9. The number of hydrogen-bond donors (Lipinski definition) is 4. The minimum absolute atomic E-state index is 0.0593. The number of rotatable bonds is 10. The highest BCUT2D eigenvalue weighted by atomic mass is 31.2. The molecule has 0 radical (unpaired) electrons. The van der Waals surface area contributed by atoms with E-state index in [0.717, 1.165) is 0 Å². The summed E-state index contributed by atoms with van der Waals surface area (Å²) >= 11 is 0. The van der Waals surface area contributed by atoms with Crippen LogP contribution in [0.5, 0.6) is 5.75 Å². The number of aldehydes is 1. The number of aromatic nitrogens is 4. The molecule has 0 amide bonds. The van der Waals surface area contributed by atoms with Crippen LogP contribution in [0.4, 0.5) is 11.8 Å². The maximum atomic E-state index is 13.4. The SMILES string of the molecule is CNc1nc(N)nc2c1ncn2[C@@H]1O[C@H](COP(=O)(N[C@@H](C)C=O)Oc2ccccc2)[C@@H](O)[C@@H]1C. The molecule has 4 rings (SSSR count). The lowest BCUT2D eigenvalue weighted by Gasteiger charge is -2.23. The van der Waals surface area contributed by atoms with Gasteiger partial charge in [-0.15, -0.1) is 0 Å². The van der Waals surface area contributed by atoms with Gasteiger partial charge in [0.05, 0.1) is 25.1 Å². The number of nitrogens with zero attached hydrogens (tertiary/aromatic N) is 4. The van der Waals surface area contributed by atoms with Gasteiger partial charge in [-0.25, -0.2) is 14.6 Å². The Morgan fingerprint density at radius 3 is 2.77 bits per heavy atom. The van der Waals surface area contributed by atoms with E-state index in [1.54, 1.807) is 48.9 Å². The fourth-order valence-electron chi connectivity index (χ4n) is 3.80. The fourth-order valence-corrected chi connectivity index (χ4v) is 5.28. The molecule has 3 aromatic rings. The smallest absolute Gasteiger partial charge is 0.413 e. The molecule has 1 aliphatic rings. The van der Waals surface area contributed by atoms with Crippen molar-refractivity contribution in [3.63, 3.8) is 0 Å². The fraction of sp³-hybridized carbons (Fsp3) is 0.429. The highest BCUT2D eigenvalue weighted by Crippen LogP contribution is 2.46. The molecule has 0 saturated carbocycles. The number of nitrogens with two attached hydrogens (primary N) is 1. The number of nitrogens with one attached hydrogen (secondary N) is 2. The highest BCUT2D eigenvalue weighted by molar-refractivity contribution is 7.52. The number of para-hydroxylation sites is 1. The van der Waals surface area contributed by atoms with Gasteiger partial charge >= 0.3 is 7.75 Å². The van der Waals surface area contributed by atoms with Gasteiger partial charge in [0.15, 0.2) is 17.0 Å². The zero-order valence-corrected chi connectivity index (χ0v) is 20.3. The van der Waals surface area contributed by atoms with E-state index >= 15 is 0 Å². The van der Waals surface area contributed by atoms with E-state index in [1.807, 2.05) is 0 Å². The molecule has 1 fully saturated rings. The highest BCUT2D eigenvalue weighted by Gasteiger charge is 2.44. The third-order valence-electron chi connectivity index (χ3n) is 5.58. The molecule has 13 nitrogen and oxygen atoms in total. The Morgan fingerprint density at radius 2 is 2.09 bits per heavy atom. The van der Waals surface area contributed by atoms with E-state index in [2.05, 4.69) is 25.4 Å². The van der Waals surface area contributed by atoms with Gasteiger partial charge in [0.2, 0.25) is 5.95 Å². The van der Waals surface area contributed by atoms with Gasteiger partial charge < -0.3 is 30.2 Å². The maximum absolute atomic E-state index is 13.4. The Bertz CT molecular complexity index is 1230. The average Bonchev–Trinajstić information content (AvgIpc) is 3.38. The molecule has 0 bridgehead atoms. The number of imidazole rings is 1. The van der Waals surface area contributed by atoms with Gasteiger partial charge in [-0.1, -0.05) is 25.1 Å². The first-order valence-corrected chi connectivity index (χ1v) is 12.5. The third-order valence-corrected chi connectivity index (χ3v) is 7.24. The van der Waals surface area contributed by atoms with Crippen LogP contribution in [0, 0.1) is 5.92 Å². The van der Waals surface area contributed by atoms with Crippen LogP contribution in [-0.2, 0) is 18.6 Å². The topological polar surface area (TPSA) is 176 Å². The van der Waals surface area contributed by atoms with E-state index in [4.69, 9.17) is 19.5 Å². The van der Waals surface area contributed by atoms with Crippen LogP contribution in [0.2, 0.25) is 0 Å². The van der Waals surface area contributed by atoms with Crippen molar-refractivity contribution in [1.29, 1.82) is 0 Å². The number of anilines is 2. The number of aliphatic hydroxyl groups excluding tert-OH is 1. The third kappa shape index (κ3) is 5.29. The number of carbonyl (C=O) groups excluding carboxylic acids is 1. The van der Waals surface area contributed by atoms with Crippen molar-refractivity contribution in [2.45, 2.75) is 38.3 Å². The van der Waals surface area contributed by atoms with Crippen molar-refractivity contribution in [2.75, 3.05) is 24.7 Å². The molecule has 1 unspecified atom stereocenters. The summed E-state index contributed by atoms with van der Waals surface area (Å²) in [6.07, 6.45) is -0.349. The second-order valence-corrected chi connectivity index (χ2v) is 9.86. The molecule has 3 heterocycles. The first-order valence-electron chi connectivity index (χ1n) is 11.0. The lowest BCUT2D eigenvalue weighted by molar-refractivity contribution is -0.109. The number of aliphatic hydroxyl groups is 1. The van der Waals surface area contributed by atoms with Crippen molar-refractivity contribution in [2.24, 2.45) is 5.92 Å². The summed E-state index contributed by atoms with van der Waals surface area (Å²) in [7, 11) is -2.29. The van der Waals surface area contributed by atoms with Gasteiger partial charge in [0.25, 0.3) is 0 Å². The van der Waals surface area contributed by atoms with Gasteiger partial charge in [0, 0.05) is 13.0 Å². The molecule has 35 heavy (non-hydrogen) atoms. The summed E-state index contributed by atoms with van der Waals surface area (Å²) < 4.78 is 32.3. The second kappa shape index (κ2) is 10.3. The summed E-state index contributed by atoms with van der Waals surface area (Å²) in [5.41, 5.74) is 6.77. The first kappa shape index (κ1) is 25.0. The van der Waals surface area contributed by atoms with Crippen molar-refractivity contribution in [3.05, 3.63) is 36.7 Å². The van der Waals surface area contributed by atoms with Crippen LogP contribution < -0.4 is 20.7 Å². The molecule has 188 valence electrons. The van der Waals surface area contributed by atoms with Gasteiger partial charge in [-0.05, 0) is 19.1 Å². The zero-order valence-electron chi connectivity index (χ0n) is 19.4. The minimum Gasteiger partial charge on any atom is -0.413 e. The number of hydrogen-bond acceptors (Lipinski definition) is 11. The maximum Gasteiger partial charge on any atom is 0.459 e. The van der Waals surface area contributed by atoms with Crippen molar-refractivity contribution >= 4 is 37.0 Å². The van der Waals surface area contributed by atoms with Crippen LogP contribution in [0.1, 0.15) is 20.1 Å². The monoisotopic (exact) mass is 505 g/mol. The Morgan fingerprint density at radius 1 is 1.34 bits per heavy atom. The molecular weight excluding hydrogens is 477 g/mol. The number of nitrogen functional groups attached to an aromatic ring is 1. The molecule has 1 aromatic carbocycles. The van der Waals surface area contributed by atoms with E-state index < -0.39 is 38.1 Å². The van der Waals surface area contributed by atoms with Crippen LogP contribution in [0.25, 0.3) is 11.2 Å². The Balaban J connectivity index is 1.53. The van der Waals surface area contributed by atoms with Crippen molar-refractivity contribution < 1.29 is 28.3 Å². The number of benzene rings is 1. The quantitative estimate of drug-likeness (QED) is 0.232. The minimum atomic E-state index is -3.99. The van der Waals surface area contributed by atoms with Crippen LogP contribution in [0.3, 0.4) is 0 Å². The molecular formula is C21H28N7O6P. The van der Waals surface area contributed by atoms with Gasteiger partial charge in [-0.2, -0.15) is 9.97 Å². The van der Waals surface area contributed by atoms with E-state index in [0.29, 0.717) is 29.0 Å².